The van der Waals surface area contributed by atoms with Crippen LogP contribution in [0.3, 0.4) is 0 Å². The third-order valence-corrected chi connectivity index (χ3v) is 3.66. The number of rotatable bonds is 5. The van der Waals surface area contributed by atoms with E-state index in [9.17, 15) is 9.59 Å². The van der Waals surface area contributed by atoms with Crippen molar-refractivity contribution in [1.29, 1.82) is 0 Å². The van der Waals surface area contributed by atoms with Crippen LogP contribution < -0.4 is 5.32 Å². The van der Waals surface area contributed by atoms with Crippen molar-refractivity contribution in [3.05, 3.63) is 63.4 Å². The van der Waals surface area contributed by atoms with E-state index in [1.807, 2.05) is 30.5 Å². The molecule has 0 spiro atoms. The van der Waals surface area contributed by atoms with Gasteiger partial charge in [0.05, 0.1) is 6.54 Å². The van der Waals surface area contributed by atoms with E-state index in [-0.39, 0.29) is 5.91 Å². The summed E-state index contributed by atoms with van der Waals surface area (Å²) in [6.45, 7) is 2.36. The Morgan fingerprint density at radius 3 is 2.81 bits per heavy atom. The number of carboxylic acid groups (broad SMARTS) is 1. The largest absolute Gasteiger partial charge is 0.478 e. The van der Waals surface area contributed by atoms with E-state index < -0.39 is 5.97 Å². The zero-order valence-electron chi connectivity index (χ0n) is 11.5. The Kier molecular flexibility index (Phi) is 4.90. The van der Waals surface area contributed by atoms with Crippen LogP contribution in [-0.4, -0.2) is 17.0 Å². The zero-order valence-corrected chi connectivity index (χ0v) is 12.3. The number of amides is 1. The molecule has 5 heteroatoms. The Hall–Kier alpha value is -2.40. The van der Waals surface area contributed by atoms with Gasteiger partial charge >= 0.3 is 5.97 Å². The maximum atomic E-state index is 12.1. The molecule has 0 saturated carbocycles. The van der Waals surface area contributed by atoms with Crippen LogP contribution in [0.2, 0.25) is 0 Å². The average molecular weight is 301 g/mol. The van der Waals surface area contributed by atoms with E-state index in [1.54, 1.807) is 23.5 Å². The summed E-state index contributed by atoms with van der Waals surface area (Å²) in [5.74, 6) is -1.18. The quantitative estimate of drug-likeness (QED) is 0.834. The van der Waals surface area contributed by atoms with Crippen LogP contribution in [0.1, 0.15) is 26.4 Å². The van der Waals surface area contributed by atoms with Gasteiger partial charge < -0.3 is 10.4 Å². The van der Waals surface area contributed by atoms with Gasteiger partial charge in [0.2, 0.25) is 0 Å². The first-order valence-corrected chi connectivity index (χ1v) is 7.26. The van der Waals surface area contributed by atoms with E-state index in [0.717, 1.165) is 16.5 Å². The molecule has 0 unspecified atom stereocenters. The van der Waals surface area contributed by atoms with Gasteiger partial charge in [-0.1, -0.05) is 12.1 Å². The van der Waals surface area contributed by atoms with Gasteiger partial charge in [0, 0.05) is 16.5 Å². The van der Waals surface area contributed by atoms with Gasteiger partial charge in [0.25, 0.3) is 5.91 Å². The van der Waals surface area contributed by atoms with Crippen molar-refractivity contribution >= 4 is 29.3 Å². The van der Waals surface area contributed by atoms with Crippen LogP contribution in [0, 0.1) is 6.92 Å². The maximum Gasteiger partial charge on any atom is 0.328 e. The van der Waals surface area contributed by atoms with Crippen molar-refractivity contribution < 1.29 is 14.7 Å². The molecule has 1 amide bonds. The maximum absolute atomic E-state index is 12.1. The molecule has 2 rings (SSSR count). The number of benzene rings is 1. The standard InChI is InChI=1S/C16H15NO3S/c1-11-7-12(4-5-15(18)19)9-13(8-11)16(20)17-10-14-3-2-6-21-14/h2-9H,10H2,1H3,(H,17,20)(H,18,19)/b5-4+. The second-order valence-electron chi connectivity index (χ2n) is 4.57. The summed E-state index contributed by atoms with van der Waals surface area (Å²) < 4.78 is 0. The first-order chi connectivity index (χ1) is 10.0. The number of aliphatic carboxylic acids is 1. The summed E-state index contributed by atoms with van der Waals surface area (Å²) in [6.07, 6.45) is 2.54. The third-order valence-electron chi connectivity index (χ3n) is 2.78. The molecule has 0 aliphatic rings. The molecule has 4 nitrogen and oxygen atoms in total. The number of carboxylic acids is 1. The molecule has 0 atom stereocenters. The Morgan fingerprint density at radius 2 is 2.14 bits per heavy atom. The molecule has 0 aliphatic heterocycles. The molecule has 1 heterocycles. The molecule has 2 N–H and O–H groups in total. The Morgan fingerprint density at radius 1 is 1.33 bits per heavy atom. The van der Waals surface area contributed by atoms with Crippen LogP contribution in [0.4, 0.5) is 0 Å². The lowest BCUT2D eigenvalue weighted by atomic mass is 10.1. The predicted molar refractivity (Wildman–Crippen MR) is 83.3 cm³/mol. The molecule has 0 saturated heterocycles. The minimum absolute atomic E-state index is 0.169. The summed E-state index contributed by atoms with van der Waals surface area (Å²) >= 11 is 1.59. The van der Waals surface area contributed by atoms with Gasteiger partial charge in [-0.05, 0) is 47.7 Å². The summed E-state index contributed by atoms with van der Waals surface area (Å²) in [7, 11) is 0. The van der Waals surface area contributed by atoms with Gasteiger partial charge in [-0.3, -0.25) is 4.79 Å². The smallest absolute Gasteiger partial charge is 0.328 e. The second-order valence-corrected chi connectivity index (χ2v) is 5.60. The third kappa shape index (κ3) is 4.57. The van der Waals surface area contributed by atoms with Crippen LogP contribution in [0.5, 0.6) is 0 Å². The molecule has 0 radical (unpaired) electrons. The fourth-order valence-electron chi connectivity index (χ4n) is 1.89. The number of hydrogen-bond acceptors (Lipinski definition) is 3. The molecule has 21 heavy (non-hydrogen) atoms. The Balaban J connectivity index is 2.11. The molecule has 1 aromatic heterocycles. The lowest BCUT2D eigenvalue weighted by Gasteiger charge is -2.06. The van der Waals surface area contributed by atoms with Crippen molar-refractivity contribution in [2.75, 3.05) is 0 Å². The first-order valence-electron chi connectivity index (χ1n) is 6.38. The fraction of sp³-hybridized carbons (Fsp3) is 0.125. The van der Waals surface area contributed by atoms with Crippen molar-refractivity contribution in [3.63, 3.8) is 0 Å². The lowest BCUT2D eigenvalue weighted by molar-refractivity contribution is -0.131. The predicted octanol–water partition coefficient (Wildman–Crippen LogP) is 3.08. The van der Waals surface area contributed by atoms with Crippen molar-refractivity contribution in [2.45, 2.75) is 13.5 Å². The van der Waals surface area contributed by atoms with E-state index >= 15 is 0 Å². The van der Waals surface area contributed by atoms with Crippen molar-refractivity contribution in [2.24, 2.45) is 0 Å². The zero-order chi connectivity index (χ0) is 15.2. The van der Waals surface area contributed by atoms with Gasteiger partial charge in [0.15, 0.2) is 0 Å². The van der Waals surface area contributed by atoms with E-state index in [4.69, 9.17) is 5.11 Å². The number of thiophene rings is 1. The summed E-state index contributed by atoms with van der Waals surface area (Å²) in [6, 6.07) is 9.18. The number of carbonyl (C=O) groups is 2. The van der Waals surface area contributed by atoms with Crippen LogP contribution >= 0.6 is 11.3 Å². The lowest BCUT2D eigenvalue weighted by Crippen LogP contribution is -2.22. The number of nitrogens with one attached hydrogen (secondary N) is 1. The SMILES string of the molecule is Cc1cc(/C=C/C(=O)O)cc(C(=O)NCc2cccs2)c1. The molecule has 108 valence electrons. The minimum atomic E-state index is -1.01. The van der Waals surface area contributed by atoms with Crippen molar-refractivity contribution in [3.8, 4) is 0 Å². The number of carbonyl (C=O) groups excluding carboxylic acids is 1. The molecular weight excluding hydrogens is 286 g/mol. The highest BCUT2D eigenvalue weighted by molar-refractivity contribution is 7.09. The van der Waals surface area contributed by atoms with Gasteiger partial charge in [-0.15, -0.1) is 11.3 Å². The van der Waals surface area contributed by atoms with E-state index in [2.05, 4.69) is 5.32 Å². The van der Waals surface area contributed by atoms with Crippen LogP contribution in [-0.2, 0) is 11.3 Å². The summed E-state index contributed by atoms with van der Waals surface area (Å²) in [5, 5.41) is 13.5. The topological polar surface area (TPSA) is 66.4 Å². The minimum Gasteiger partial charge on any atom is -0.478 e. The van der Waals surface area contributed by atoms with Crippen LogP contribution in [0.15, 0.2) is 41.8 Å². The van der Waals surface area contributed by atoms with Crippen molar-refractivity contribution in [1.82, 2.24) is 5.32 Å². The molecule has 0 bridgehead atoms. The Labute approximate surface area is 126 Å². The van der Waals surface area contributed by atoms with E-state index in [1.165, 1.54) is 6.08 Å². The van der Waals surface area contributed by atoms with Gasteiger partial charge in [-0.25, -0.2) is 4.79 Å². The van der Waals surface area contributed by atoms with Crippen LogP contribution in [0.25, 0.3) is 6.08 Å². The fourth-order valence-corrected chi connectivity index (χ4v) is 2.53. The normalized spacial score (nSPS) is 10.7. The highest BCUT2D eigenvalue weighted by Crippen LogP contribution is 2.13. The molecule has 1 aromatic carbocycles. The second kappa shape index (κ2) is 6.85. The monoisotopic (exact) mass is 301 g/mol. The number of hydrogen-bond donors (Lipinski definition) is 2. The number of aryl methyl sites for hydroxylation is 1. The van der Waals surface area contributed by atoms with Gasteiger partial charge in [-0.2, -0.15) is 0 Å². The highest BCUT2D eigenvalue weighted by atomic mass is 32.1. The molecule has 2 aromatic rings. The average Bonchev–Trinajstić information content (AvgIpc) is 2.95. The molecule has 0 fully saturated rings. The summed E-state index contributed by atoms with van der Waals surface area (Å²) in [4.78, 5) is 23.8. The van der Waals surface area contributed by atoms with Gasteiger partial charge in [0.1, 0.15) is 0 Å². The Bertz CT molecular complexity index is 675. The summed E-state index contributed by atoms with van der Waals surface area (Å²) in [5.41, 5.74) is 2.12. The molecule has 0 aliphatic carbocycles. The highest BCUT2D eigenvalue weighted by Gasteiger charge is 2.07. The van der Waals surface area contributed by atoms with E-state index in [0.29, 0.717) is 17.7 Å². The first kappa shape index (κ1) is 15.0. The molecular formula is C16H15NO3S.